The SMILES string of the molecule is C=CCOC(=O)N(C)CCN(CCC(=O)O)C(=O)OCC=C. The summed E-state index contributed by atoms with van der Waals surface area (Å²) in [5.74, 6) is -1.03. The fourth-order valence-electron chi connectivity index (χ4n) is 1.35. The topological polar surface area (TPSA) is 96.4 Å². The number of rotatable bonds is 10. The van der Waals surface area contributed by atoms with Crippen LogP contribution in [0.3, 0.4) is 0 Å². The molecule has 0 aromatic heterocycles. The Hall–Kier alpha value is -2.51. The monoisotopic (exact) mass is 314 g/mol. The van der Waals surface area contributed by atoms with Gasteiger partial charge in [0.25, 0.3) is 0 Å². The van der Waals surface area contributed by atoms with Crippen molar-refractivity contribution in [1.82, 2.24) is 9.80 Å². The molecule has 2 amide bonds. The summed E-state index contributed by atoms with van der Waals surface area (Å²) >= 11 is 0. The Morgan fingerprint density at radius 2 is 1.55 bits per heavy atom. The van der Waals surface area contributed by atoms with Crippen molar-refractivity contribution in [2.24, 2.45) is 0 Å². The molecule has 0 saturated carbocycles. The van der Waals surface area contributed by atoms with E-state index in [9.17, 15) is 14.4 Å². The third kappa shape index (κ3) is 8.62. The molecular weight excluding hydrogens is 292 g/mol. The van der Waals surface area contributed by atoms with E-state index in [0.29, 0.717) is 0 Å². The van der Waals surface area contributed by atoms with Crippen molar-refractivity contribution in [2.75, 3.05) is 39.9 Å². The maximum atomic E-state index is 11.8. The summed E-state index contributed by atoms with van der Waals surface area (Å²) in [6.07, 6.45) is 1.42. The molecule has 0 radical (unpaired) electrons. The Morgan fingerprint density at radius 1 is 1.00 bits per heavy atom. The normalized spacial score (nSPS) is 9.50. The van der Waals surface area contributed by atoms with E-state index in [-0.39, 0.29) is 39.3 Å². The molecule has 0 aliphatic rings. The highest BCUT2D eigenvalue weighted by molar-refractivity contribution is 5.71. The van der Waals surface area contributed by atoms with Gasteiger partial charge in [-0.25, -0.2) is 9.59 Å². The number of aliphatic carboxylic acids is 1. The van der Waals surface area contributed by atoms with E-state index < -0.39 is 18.2 Å². The van der Waals surface area contributed by atoms with Crippen molar-refractivity contribution < 1.29 is 29.0 Å². The van der Waals surface area contributed by atoms with Gasteiger partial charge in [-0.3, -0.25) is 4.79 Å². The lowest BCUT2D eigenvalue weighted by molar-refractivity contribution is -0.137. The van der Waals surface area contributed by atoms with Crippen LogP contribution in [0.5, 0.6) is 0 Å². The van der Waals surface area contributed by atoms with E-state index in [1.165, 1.54) is 29.0 Å². The number of ether oxygens (including phenoxy) is 2. The van der Waals surface area contributed by atoms with Gasteiger partial charge in [0.15, 0.2) is 0 Å². The fourth-order valence-corrected chi connectivity index (χ4v) is 1.35. The first-order valence-electron chi connectivity index (χ1n) is 6.65. The minimum absolute atomic E-state index is 0.0130. The molecule has 8 heteroatoms. The first-order valence-corrected chi connectivity index (χ1v) is 6.65. The van der Waals surface area contributed by atoms with Crippen molar-refractivity contribution >= 4 is 18.2 Å². The summed E-state index contributed by atoms with van der Waals surface area (Å²) in [6, 6.07) is 0. The molecule has 0 rings (SSSR count). The third-order valence-corrected chi connectivity index (χ3v) is 2.52. The average Bonchev–Trinajstić information content (AvgIpc) is 2.49. The van der Waals surface area contributed by atoms with Gasteiger partial charge in [-0.15, -0.1) is 0 Å². The molecular formula is C14H22N2O6. The van der Waals surface area contributed by atoms with Crippen molar-refractivity contribution in [2.45, 2.75) is 6.42 Å². The fraction of sp³-hybridized carbons (Fsp3) is 0.500. The minimum Gasteiger partial charge on any atom is -0.481 e. The molecule has 0 saturated heterocycles. The number of carboxylic acids is 1. The lowest BCUT2D eigenvalue weighted by Crippen LogP contribution is -2.41. The van der Waals surface area contributed by atoms with Crippen molar-refractivity contribution in [3.05, 3.63) is 25.3 Å². The Balaban J connectivity index is 4.45. The van der Waals surface area contributed by atoms with Gasteiger partial charge in [0.05, 0.1) is 6.42 Å². The van der Waals surface area contributed by atoms with Crippen LogP contribution in [-0.2, 0) is 14.3 Å². The van der Waals surface area contributed by atoms with Gasteiger partial charge in [0, 0.05) is 26.7 Å². The van der Waals surface area contributed by atoms with Crippen LogP contribution in [0.25, 0.3) is 0 Å². The Bertz CT molecular complexity index is 410. The standard InChI is InChI=1S/C14H22N2O6/c1-4-10-21-13(19)15(3)8-9-16(7-6-12(17)18)14(20)22-11-5-2/h4-5H,1-2,6-11H2,3H3,(H,17,18). The van der Waals surface area contributed by atoms with Crippen LogP contribution in [0.2, 0.25) is 0 Å². The zero-order valence-corrected chi connectivity index (χ0v) is 12.7. The second kappa shape index (κ2) is 11.2. The van der Waals surface area contributed by atoms with E-state index in [1.54, 1.807) is 0 Å². The highest BCUT2D eigenvalue weighted by Crippen LogP contribution is 1.99. The van der Waals surface area contributed by atoms with Gasteiger partial charge >= 0.3 is 18.2 Å². The summed E-state index contributed by atoms with van der Waals surface area (Å²) in [5.41, 5.74) is 0. The van der Waals surface area contributed by atoms with Crippen molar-refractivity contribution in [1.29, 1.82) is 0 Å². The molecule has 0 aliphatic heterocycles. The van der Waals surface area contributed by atoms with E-state index in [2.05, 4.69) is 13.2 Å². The van der Waals surface area contributed by atoms with Crippen LogP contribution in [0, 0.1) is 0 Å². The quantitative estimate of drug-likeness (QED) is 0.611. The summed E-state index contributed by atoms with van der Waals surface area (Å²) in [5, 5.41) is 8.69. The zero-order valence-electron chi connectivity index (χ0n) is 12.7. The molecule has 0 atom stereocenters. The lowest BCUT2D eigenvalue weighted by atomic mass is 10.4. The van der Waals surface area contributed by atoms with Gasteiger partial charge in [-0.2, -0.15) is 0 Å². The number of hydrogen-bond donors (Lipinski definition) is 1. The summed E-state index contributed by atoms with van der Waals surface area (Å²) in [7, 11) is 1.51. The summed E-state index contributed by atoms with van der Waals surface area (Å²) in [6.45, 7) is 7.27. The molecule has 0 heterocycles. The largest absolute Gasteiger partial charge is 0.481 e. The predicted molar refractivity (Wildman–Crippen MR) is 79.5 cm³/mol. The smallest absolute Gasteiger partial charge is 0.410 e. The van der Waals surface area contributed by atoms with Crippen molar-refractivity contribution in [3.63, 3.8) is 0 Å². The van der Waals surface area contributed by atoms with Gasteiger partial charge in [0.1, 0.15) is 13.2 Å². The number of carbonyl (C=O) groups excluding carboxylic acids is 2. The summed E-state index contributed by atoms with van der Waals surface area (Å²) < 4.78 is 9.71. The molecule has 0 fully saturated rings. The second-order valence-electron chi connectivity index (χ2n) is 4.28. The molecule has 0 bridgehead atoms. The minimum atomic E-state index is -1.03. The molecule has 1 N–H and O–H groups in total. The molecule has 0 aromatic rings. The van der Waals surface area contributed by atoms with Gasteiger partial charge < -0.3 is 24.4 Å². The van der Waals surface area contributed by atoms with E-state index in [0.717, 1.165) is 0 Å². The average molecular weight is 314 g/mol. The highest BCUT2D eigenvalue weighted by Gasteiger charge is 2.18. The van der Waals surface area contributed by atoms with Crippen molar-refractivity contribution in [3.8, 4) is 0 Å². The highest BCUT2D eigenvalue weighted by atomic mass is 16.6. The Labute approximate surface area is 129 Å². The molecule has 0 unspecified atom stereocenters. The Kier molecular flexibility index (Phi) is 9.91. The number of hydrogen-bond acceptors (Lipinski definition) is 5. The van der Waals surface area contributed by atoms with E-state index >= 15 is 0 Å². The number of likely N-dealkylation sites (N-methyl/N-ethyl adjacent to an activating group) is 1. The number of amides is 2. The van der Waals surface area contributed by atoms with Gasteiger partial charge in [0.2, 0.25) is 0 Å². The van der Waals surface area contributed by atoms with E-state index in [1.807, 2.05) is 0 Å². The molecule has 22 heavy (non-hydrogen) atoms. The molecule has 0 aromatic carbocycles. The second-order valence-corrected chi connectivity index (χ2v) is 4.28. The number of carboxylic acid groups (broad SMARTS) is 1. The first kappa shape index (κ1) is 19.5. The predicted octanol–water partition coefficient (Wildman–Crippen LogP) is 1.34. The molecule has 0 aliphatic carbocycles. The first-order chi connectivity index (χ1) is 10.4. The van der Waals surface area contributed by atoms with Crippen LogP contribution >= 0.6 is 0 Å². The van der Waals surface area contributed by atoms with Crippen LogP contribution in [0.15, 0.2) is 25.3 Å². The van der Waals surface area contributed by atoms with Gasteiger partial charge in [-0.05, 0) is 0 Å². The molecule has 8 nitrogen and oxygen atoms in total. The maximum Gasteiger partial charge on any atom is 0.410 e. The van der Waals surface area contributed by atoms with Crippen LogP contribution < -0.4 is 0 Å². The third-order valence-electron chi connectivity index (χ3n) is 2.52. The van der Waals surface area contributed by atoms with Gasteiger partial charge in [-0.1, -0.05) is 25.3 Å². The molecule has 0 spiro atoms. The summed E-state index contributed by atoms with van der Waals surface area (Å²) in [4.78, 5) is 36.4. The van der Waals surface area contributed by atoms with Crippen LogP contribution in [0.1, 0.15) is 6.42 Å². The Morgan fingerprint density at radius 3 is 2.05 bits per heavy atom. The van der Waals surface area contributed by atoms with Crippen LogP contribution in [0.4, 0.5) is 9.59 Å². The van der Waals surface area contributed by atoms with Crippen LogP contribution in [-0.4, -0.2) is 73.0 Å². The lowest BCUT2D eigenvalue weighted by Gasteiger charge is -2.24. The number of carbonyl (C=O) groups is 3. The van der Waals surface area contributed by atoms with E-state index in [4.69, 9.17) is 14.6 Å². The maximum absolute atomic E-state index is 11.8. The zero-order chi connectivity index (χ0) is 17.0. The number of nitrogens with zero attached hydrogens (tertiary/aromatic N) is 2. The molecule has 124 valence electrons.